The van der Waals surface area contributed by atoms with Crippen molar-refractivity contribution in [2.24, 2.45) is 5.10 Å². The Labute approximate surface area is 130 Å². The van der Waals surface area contributed by atoms with Crippen molar-refractivity contribution in [3.63, 3.8) is 0 Å². The van der Waals surface area contributed by atoms with Crippen LogP contribution in [-0.4, -0.2) is 18.7 Å². The summed E-state index contributed by atoms with van der Waals surface area (Å²) >= 11 is 0. The molecule has 4 heteroatoms. The van der Waals surface area contributed by atoms with Crippen molar-refractivity contribution < 1.29 is 9.53 Å². The Balaban J connectivity index is 2.13. The Kier molecular flexibility index (Phi) is 5.31. The first-order valence-corrected chi connectivity index (χ1v) is 7.22. The summed E-state index contributed by atoms with van der Waals surface area (Å²) in [5, 5.41) is 4.25. The van der Waals surface area contributed by atoms with E-state index in [2.05, 4.69) is 10.5 Å². The lowest BCUT2D eigenvalue weighted by atomic mass is 10.1. The summed E-state index contributed by atoms with van der Waals surface area (Å²) in [5.41, 5.74) is 6.06. The van der Waals surface area contributed by atoms with Gasteiger partial charge >= 0.3 is 0 Å². The number of rotatable bonds is 5. The molecule has 0 unspecified atom stereocenters. The molecule has 0 saturated heterocycles. The summed E-state index contributed by atoms with van der Waals surface area (Å²) in [6.45, 7) is 3.96. The normalized spacial score (nSPS) is 11.1. The zero-order valence-corrected chi connectivity index (χ0v) is 13.1. The Morgan fingerprint density at radius 2 is 1.86 bits per heavy atom. The number of carbonyl (C=O) groups is 1. The Morgan fingerprint density at radius 3 is 2.45 bits per heavy atom. The van der Waals surface area contributed by atoms with Crippen LogP contribution in [0.15, 0.2) is 53.6 Å². The van der Waals surface area contributed by atoms with Crippen molar-refractivity contribution in [2.75, 3.05) is 7.11 Å². The number of carbonyl (C=O) groups excluding carboxylic acids is 1. The lowest BCUT2D eigenvalue weighted by Crippen LogP contribution is -2.20. The number of hydrogen-bond donors (Lipinski definition) is 1. The minimum atomic E-state index is -0.205. The van der Waals surface area contributed by atoms with Crippen LogP contribution in [0, 0.1) is 6.92 Å². The predicted molar refractivity (Wildman–Crippen MR) is 88.5 cm³/mol. The van der Waals surface area contributed by atoms with Crippen LogP contribution in [0.3, 0.4) is 0 Å². The largest absolute Gasteiger partial charge is 0.497 e. The average Bonchev–Trinajstić information content (AvgIpc) is 2.55. The summed E-state index contributed by atoms with van der Waals surface area (Å²) in [4.78, 5) is 12.1. The standard InChI is InChI=1S/C18H20N2O2/c1-4-17(14-8-10-16(22-3)11-9-14)19-20-18(21)15-7-5-6-13(2)12-15/h5-12H,4H2,1-3H3,(H,20,21). The van der Waals surface area contributed by atoms with Crippen molar-refractivity contribution in [2.45, 2.75) is 20.3 Å². The van der Waals surface area contributed by atoms with Gasteiger partial charge in [0.2, 0.25) is 0 Å². The molecule has 1 N–H and O–H groups in total. The van der Waals surface area contributed by atoms with Crippen LogP contribution in [0.4, 0.5) is 0 Å². The molecule has 0 fully saturated rings. The fourth-order valence-electron chi connectivity index (χ4n) is 2.10. The molecule has 0 aromatic heterocycles. The second-order valence-electron chi connectivity index (χ2n) is 4.95. The molecule has 0 bridgehead atoms. The highest BCUT2D eigenvalue weighted by molar-refractivity contribution is 6.02. The summed E-state index contributed by atoms with van der Waals surface area (Å²) in [6.07, 6.45) is 0.723. The topological polar surface area (TPSA) is 50.7 Å². The fraction of sp³-hybridized carbons (Fsp3) is 0.222. The molecule has 0 heterocycles. The molecule has 2 rings (SSSR count). The lowest BCUT2D eigenvalue weighted by molar-refractivity contribution is 0.0954. The second kappa shape index (κ2) is 7.41. The SMILES string of the molecule is CCC(=NNC(=O)c1cccc(C)c1)c1ccc(OC)cc1. The van der Waals surface area contributed by atoms with Gasteiger partial charge in [0.1, 0.15) is 5.75 Å². The number of aryl methyl sites for hydroxylation is 1. The smallest absolute Gasteiger partial charge is 0.271 e. The quantitative estimate of drug-likeness (QED) is 0.677. The number of nitrogens with one attached hydrogen (secondary N) is 1. The maximum Gasteiger partial charge on any atom is 0.271 e. The number of hydrogen-bond acceptors (Lipinski definition) is 3. The Morgan fingerprint density at radius 1 is 1.14 bits per heavy atom. The molecule has 4 nitrogen and oxygen atoms in total. The van der Waals surface area contributed by atoms with Gasteiger partial charge in [0.15, 0.2) is 0 Å². The van der Waals surface area contributed by atoms with E-state index in [1.54, 1.807) is 13.2 Å². The Hall–Kier alpha value is -2.62. The second-order valence-corrected chi connectivity index (χ2v) is 4.95. The molecule has 1 amide bonds. The molecule has 0 aliphatic rings. The number of benzene rings is 2. The van der Waals surface area contributed by atoms with Gasteiger partial charge in [-0.25, -0.2) is 5.43 Å². The van der Waals surface area contributed by atoms with Crippen LogP contribution >= 0.6 is 0 Å². The highest BCUT2D eigenvalue weighted by atomic mass is 16.5. The van der Waals surface area contributed by atoms with E-state index in [0.717, 1.165) is 29.0 Å². The summed E-state index contributed by atoms with van der Waals surface area (Å²) in [6, 6.07) is 15.0. The number of ether oxygens (including phenoxy) is 1. The van der Waals surface area contributed by atoms with Crippen LogP contribution in [0.25, 0.3) is 0 Å². The molecule has 0 spiro atoms. The molecular formula is C18H20N2O2. The molecule has 114 valence electrons. The highest BCUT2D eigenvalue weighted by Crippen LogP contribution is 2.13. The van der Waals surface area contributed by atoms with Gasteiger partial charge in [-0.2, -0.15) is 5.10 Å². The molecule has 0 aliphatic heterocycles. The van der Waals surface area contributed by atoms with Crippen molar-refractivity contribution in [1.29, 1.82) is 0 Å². The average molecular weight is 296 g/mol. The van der Waals surface area contributed by atoms with Gasteiger partial charge in [0.05, 0.1) is 12.8 Å². The van der Waals surface area contributed by atoms with E-state index in [1.807, 2.05) is 56.3 Å². The fourth-order valence-corrected chi connectivity index (χ4v) is 2.10. The number of nitrogens with zero attached hydrogens (tertiary/aromatic N) is 1. The predicted octanol–water partition coefficient (Wildman–Crippen LogP) is 3.55. The maximum absolute atomic E-state index is 12.1. The molecule has 22 heavy (non-hydrogen) atoms. The van der Waals surface area contributed by atoms with Gasteiger partial charge < -0.3 is 4.74 Å². The maximum atomic E-state index is 12.1. The monoisotopic (exact) mass is 296 g/mol. The van der Waals surface area contributed by atoms with E-state index in [9.17, 15) is 4.79 Å². The molecule has 2 aromatic rings. The summed E-state index contributed by atoms with van der Waals surface area (Å²) in [5.74, 6) is 0.589. The number of amides is 1. The van der Waals surface area contributed by atoms with Gasteiger partial charge in [0.25, 0.3) is 5.91 Å². The third-order valence-corrected chi connectivity index (χ3v) is 3.33. The lowest BCUT2D eigenvalue weighted by Gasteiger charge is -2.07. The van der Waals surface area contributed by atoms with Gasteiger partial charge in [0, 0.05) is 5.56 Å². The number of hydrazone groups is 1. The van der Waals surface area contributed by atoms with Crippen molar-refractivity contribution >= 4 is 11.6 Å². The minimum absolute atomic E-state index is 0.205. The van der Waals surface area contributed by atoms with Crippen molar-refractivity contribution in [1.82, 2.24) is 5.43 Å². The van der Waals surface area contributed by atoms with E-state index < -0.39 is 0 Å². The Bertz CT molecular complexity index is 676. The first-order chi connectivity index (χ1) is 10.6. The van der Waals surface area contributed by atoms with E-state index >= 15 is 0 Å². The molecule has 0 atom stereocenters. The van der Waals surface area contributed by atoms with E-state index in [4.69, 9.17) is 4.74 Å². The van der Waals surface area contributed by atoms with Gasteiger partial charge in [-0.15, -0.1) is 0 Å². The van der Waals surface area contributed by atoms with Crippen LogP contribution in [0.5, 0.6) is 5.75 Å². The zero-order chi connectivity index (χ0) is 15.9. The molecular weight excluding hydrogens is 276 g/mol. The summed E-state index contributed by atoms with van der Waals surface area (Å²) < 4.78 is 5.14. The van der Waals surface area contributed by atoms with Crippen LogP contribution in [0.1, 0.15) is 34.8 Å². The first kappa shape index (κ1) is 15.8. The van der Waals surface area contributed by atoms with E-state index in [-0.39, 0.29) is 5.91 Å². The van der Waals surface area contributed by atoms with Crippen molar-refractivity contribution in [3.05, 3.63) is 65.2 Å². The van der Waals surface area contributed by atoms with Gasteiger partial charge in [-0.1, -0.05) is 24.6 Å². The number of methoxy groups -OCH3 is 1. The summed E-state index contributed by atoms with van der Waals surface area (Å²) in [7, 11) is 1.63. The molecule has 0 radical (unpaired) electrons. The van der Waals surface area contributed by atoms with Crippen LogP contribution in [0.2, 0.25) is 0 Å². The van der Waals surface area contributed by atoms with Gasteiger partial charge in [-0.3, -0.25) is 4.79 Å². The van der Waals surface area contributed by atoms with Crippen LogP contribution in [-0.2, 0) is 0 Å². The molecule has 0 aliphatic carbocycles. The molecule has 2 aromatic carbocycles. The minimum Gasteiger partial charge on any atom is -0.497 e. The highest BCUT2D eigenvalue weighted by Gasteiger charge is 2.06. The molecule has 0 saturated carbocycles. The van der Waals surface area contributed by atoms with Gasteiger partial charge in [-0.05, 0) is 55.3 Å². The third-order valence-electron chi connectivity index (χ3n) is 3.33. The van der Waals surface area contributed by atoms with E-state index in [0.29, 0.717) is 5.56 Å². The van der Waals surface area contributed by atoms with Crippen molar-refractivity contribution in [3.8, 4) is 5.75 Å². The zero-order valence-electron chi connectivity index (χ0n) is 13.1. The van der Waals surface area contributed by atoms with Crippen LogP contribution < -0.4 is 10.2 Å². The third kappa shape index (κ3) is 3.95. The first-order valence-electron chi connectivity index (χ1n) is 7.22. The van der Waals surface area contributed by atoms with E-state index in [1.165, 1.54) is 0 Å².